The summed E-state index contributed by atoms with van der Waals surface area (Å²) in [5, 5.41) is 12.4. The van der Waals surface area contributed by atoms with Crippen molar-refractivity contribution in [3.05, 3.63) is 29.0 Å². The minimum Gasteiger partial charge on any atom is -0.393 e. The molecule has 1 aliphatic rings. The molecule has 6 heteroatoms. The zero-order valence-electron chi connectivity index (χ0n) is 12.0. The fourth-order valence-corrected chi connectivity index (χ4v) is 2.79. The van der Waals surface area contributed by atoms with Gasteiger partial charge < -0.3 is 10.4 Å². The quantitative estimate of drug-likeness (QED) is 0.898. The van der Waals surface area contributed by atoms with Crippen molar-refractivity contribution < 1.29 is 14.3 Å². The number of nitrogens with zero attached hydrogens (tertiary/aromatic N) is 1. The Kier molecular flexibility index (Phi) is 5.56. The Hall–Kier alpha value is -1.17. The molecule has 2 N–H and O–H groups in total. The number of carbonyl (C=O) groups is 1. The van der Waals surface area contributed by atoms with Gasteiger partial charge >= 0.3 is 0 Å². The summed E-state index contributed by atoms with van der Waals surface area (Å²) in [6.45, 7) is 3.67. The predicted molar refractivity (Wildman–Crippen MR) is 80.9 cm³/mol. The highest BCUT2D eigenvalue weighted by Gasteiger charge is 2.23. The molecule has 1 aromatic rings. The molecule has 1 saturated heterocycles. The number of piperidine rings is 1. The maximum Gasteiger partial charge on any atom is 0.238 e. The van der Waals surface area contributed by atoms with Crippen LogP contribution in [0.4, 0.5) is 10.1 Å². The van der Waals surface area contributed by atoms with Crippen LogP contribution < -0.4 is 5.32 Å². The van der Waals surface area contributed by atoms with Crippen molar-refractivity contribution in [2.75, 3.05) is 25.0 Å². The molecule has 0 spiro atoms. The van der Waals surface area contributed by atoms with Gasteiger partial charge in [0, 0.05) is 0 Å². The van der Waals surface area contributed by atoms with Gasteiger partial charge in [-0.1, -0.05) is 11.6 Å². The van der Waals surface area contributed by atoms with Crippen LogP contribution in [-0.2, 0) is 4.79 Å². The second-order valence-corrected chi connectivity index (χ2v) is 5.93. The van der Waals surface area contributed by atoms with Crippen molar-refractivity contribution in [2.45, 2.75) is 25.9 Å². The second kappa shape index (κ2) is 7.20. The number of halogens is 2. The van der Waals surface area contributed by atoms with Crippen LogP contribution >= 0.6 is 11.6 Å². The summed E-state index contributed by atoms with van der Waals surface area (Å²) < 4.78 is 12.9. The van der Waals surface area contributed by atoms with E-state index in [4.69, 9.17) is 11.6 Å². The molecule has 1 unspecified atom stereocenters. The first kappa shape index (κ1) is 16.2. The summed E-state index contributed by atoms with van der Waals surface area (Å²) in [6.07, 6.45) is 1.49. The summed E-state index contributed by atoms with van der Waals surface area (Å²) in [6, 6.07) is 3.89. The molecule has 0 aliphatic carbocycles. The van der Waals surface area contributed by atoms with Gasteiger partial charge in [0.2, 0.25) is 5.91 Å². The smallest absolute Gasteiger partial charge is 0.238 e. The highest BCUT2D eigenvalue weighted by Crippen LogP contribution is 2.23. The number of hydrogen-bond donors (Lipinski definition) is 2. The number of amides is 1. The van der Waals surface area contributed by atoms with Crippen LogP contribution in [0.1, 0.15) is 19.8 Å². The van der Waals surface area contributed by atoms with E-state index in [2.05, 4.69) is 5.32 Å². The highest BCUT2D eigenvalue weighted by molar-refractivity contribution is 6.33. The molecule has 1 atom stereocenters. The van der Waals surface area contributed by atoms with Crippen molar-refractivity contribution in [1.82, 2.24) is 4.90 Å². The van der Waals surface area contributed by atoms with Gasteiger partial charge in [0.05, 0.1) is 23.4 Å². The van der Waals surface area contributed by atoms with E-state index in [-0.39, 0.29) is 23.6 Å². The SMILES string of the molecule is CC(O)C1CCN(CC(=O)Nc2ccc(F)cc2Cl)CC1. The molecular weight excluding hydrogens is 295 g/mol. The number of benzene rings is 1. The summed E-state index contributed by atoms with van der Waals surface area (Å²) in [4.78, 5) is 14.0. The fraction of sp³-hybridized carbons (Fsp3) is 0.533. The van der Waals surface area contributed by atoms with Crippen LogP contribution in [0.5, 0.6) is 0 Å². The van der Waals surface area contributed by atoms with Crippen LogP contribution in [-0.4, -0.2) is 41.7 Å². The number of aliphatic hydroxyl groups excluding tert-OH is 1. The summed E-state index contributed by atoms with van der Waals surface area (Å²) in [7, 11) is 0. The van der Waals surface area contributed by atoms with Crippen molar-refractivity contribution in [3.8, 4) is 0 Å². The third-order valence-corrected chi connectivity index (χ3v) is 4.20. The molecule has 116 valence electrons. The zero-order chi connectivity index (χ0) is 15.4. The summed E-state index contributed by atoms with van der Waals surface area (Å²) in [5.74, 6) is -0.284. The van der Waals surface area contributed by atoms with Crippen LogP contribution in [0, 0.1) is 11.7 Å². The van der Waals surface area contributed by atoms with Gasteiger partial charge in [0.15, 0.2) is 0 Å². The van der Waals surface area contributed by atoms with Gasteiger partial charge in [-0.3, -0.25) is 9.69 Å². The van der Waals surface area contributed by atoms with Crippen molar-refractivity contribution in [2.24, 2.45) is 5.92 Å². The monoisotopic (exact) mass is 314 g/mol. The number of aliphatic hydroxyl groups is 1. The van der Waals surface area contributed by atoms with E-state index in [0.29, 0.717) is 11.6 Å². The largest absolute Gasteiger partial charge is 0.393 e. The number of nitrogens with one attached hydrogen (secondary N) is 1. The Bertz CT molecular complexity index is 502. The molecule has 1 amide bonds. The van der Waals surface area contributed by atoms with Crippen LogP contribution in [0.2, 0.25) is 5.02 Å². The van der Waals surface area contributed by atoms with E-state index in [1.807, 2.05) is 11.8 Å². The van der Waals surface area contributed by atoms with Gasteiger partial charge in [-0.2, -0.15) is 0 Å². The van der Waals surface area contributed by atoms with Gasteiger partial charge in [-0.25, -0.2) is 4.39 Å². The molecule has 1 heterocycles. The number of likely N-dealkylation sites (tertiary alicyclic amines) is 1. The molecular formula is C15H20ClFN2O2. The standard InChI is InChI=1S/C15H20ClFN2O2/c1-10(20)11-4-6-19(7-5-11)9-15(21)18-14-3-2-12(17)8-13(14)16/h2-3,8,10-11,20H,4-7,9H2,1H3,(H,18,21). The van der Waals surface area contributed by atoms with Gasteiger partial charge in [0.1, 0.15) is 5.82 Å². The third-order valence-electron chi connectivity index (χ3n) is 3.89. The average molecular weight is 315 g/mol. The fourth-order valence-electron chi connectivity index (χ4n) is 2.58. The molecule has 4 nitrogen and oxygen atoms in total. The van der Waals surface area contributed by atoms with Crippen molar-refractivity contribution >= 4 is 23.2 Å². The third kappa shape index (κ3) is 4.66. The van der Waals surface area contributed by atoms with Gasteiger partial charge in [-0.15, -0.1) is 0 Å². The van der Waals surface area contributed by atoms with E-state index in [1.54, 1.807) is 0 Å². The van der Waals surface area contributed by atoms with E-state index in [0.717, 1.165) is 25.9 Å². The molecule has 0 saturated carbocycles. The molecule has 1 aliphatic heterocycles. The number of rotatable bonds is 4. The zero-order valence-corrected chi connectivity index (χ0v) is 12.7. The number of carbonyl (C=O) groups excluding carboxylic acids is 1. The van der Waals surface area contributed by atoms with Crippen LogP contribution in [0.3, 0.4) is 0 Å². The lowest BCUT2D eigenvalue weighted by Crippen LogP contribution is -2.41. The minimum atomic E-state index is -0.432. The molecule has 0 bridgehead atoms. The first-order chi connectivity index (χ1) is 9.95. The van der Waals surface area contributed by atoms with Gasteiger partial charge in [0.25, 0.3) is 0 Å². The Morgan fingerprint density at radius 1 is 1.52 bits per heavy atom. The summed E-state index contributed by atoms with van der Waals surface area (Å²) >= 11 is 5.87. The Morgan fingerprint density at radius 2 is 2.19 bits per heavy atom. The van der Waals surface area contributed by atoms with E-state index in [1.165, 1.54) is 18.2 Å². The van der Waals surface area contributed by atoms with Crippen LogP contribution in [0.15, 0.2) is 18.2 Å². The van der Waals surface area contributed by atoms with Crippen LogP contribution in [0.25, 0.3) is 0 Å². The first-order valence-corrected chi connectivity index (χ1v) is 7.49. The maximum atomic E-state index is 12.9. The van der Waals surface area contributed by atoms with E-state index >= 15 is 0 Å². The Morgan fingerprint density at radius 3 is 2.76 bits per heavy atom. The van der Waals surface area contributed by atoms with E-state index < -0.39 is 5.82 Å². The maximum absolute atomic E-state index is 12.9. The van der Waals surface area contributed by atoms with Gasteiger partial charge in [-0.05, 0) is 57.0 Å². The van der Waals surface area contributed by atoms with E-state index in [9.17, 15) is 14.3 Å². The number of anilines is 1. The predicted octanol–water partition coefficient (Wildman–Crippen LogP) is 2.51. The molecule has 2 rings (SSSR count). The second-order valence-electron chi connectivity index (χ2n) is 5.53. The lowest BCUT2D eigenvalue weighted by Gasteiger charge is -2.32. The molecule has 21 heavy (non-hydrogen) atoms. The molecule has 0 radical (unpaired) electrons. The lowest BCUT2D eigenvalue weighted by atomic mass is 9.92. The highest BCUT2D eigenvalue weighted by atomic mass is 35.5. The molecule has 0 aromatic heterocycles. The minimum absolute atomic E-state index is 0.168. The number of hydrogen-bond acceptors (Lipinski definition) is 3. The lowest BCUT2D eigenvalue weighted by molar-refractivity contribution is -0.117. The topological polar surface area (TPSA) is 52.6 Å². The summed E-state index contributed by atoms with van der Waals surface area (Å²) in [5.41, 5.74) is 0.418. The first-order valence-electron chi connectivity index (χ1n) is 7.11. The Balaban J connectivity index is 1.83. The van der Waals surface area contributed by atoms with Crippen molar-refractivity contribution in [3.63, 3.8) is 0 Å². The molecule has 1 aromatic carbocycles. The average Bonchev–Trinajstić information content (AvgIpc) is 2.42. The molecule has 1 fully saturated rings. The normalized spacial score (nSPS) is 18.5. The van der Waals surface area contributed by atoms with Crippen molar-refractivity contribution in [1.29, 1.82) is 0 Å². The Labute approximate surface area is 128 Å².